The zero-order chi connectivity index (χ0) is 16.4. The van der Waals surface area contributed by atoms with Crippen LogP contribution in [0, 0.1) is 5.92 Å². The van der Waals surface area contributed by atoms with E-state index in [4.69, 9.17) is 0 Å². The fourth-order valence-corrected chi connectivity index (χ4v) is 3.35. The van der Waals surface area contributed by atoms with E-state index in [-0.39, 0.29) is 30.7 Å². The Kier molecular flexibility index (Phi) is 7.50. The minimum absolute atomic E-state index is 0. The van der Waals surface area contributed by atoms with Crippen molar-refractivity contribution in [2.45, 2.75) is 31.7 Å². The molecule has 0 bridgehead atoms. The highest BCUT2D eigenvalue weighted by molar-refractivity contribution is 5.93. The van der Waals surface area contributed by atoms with Crippen LogP contribution in [0.3, 0.4) is 0 Å². The molecular formula is C19H26Cl2N4O. The molecule has 1 amide bonds. The maximum absolute atomic E-state index is 12.9. The average Bonchev–Trinajstić information content (AvgIpc) is 3.34. The van der Waals surface area contributed by atoms with Crippen molar-refractivity contribution < 1.29 is 4.79 Å². The number of hydrogen-bond donors (Lipinski definition) is 1. The lowest BCUT2D eigenvalue weighted by Gasteiger charge is -2.32. The summed E-state index contributed by atoms with van der Waals surface area (Å²) in [6.07, 6.45) is 8.23. The first-order valence-electron chi connectivity index (χ1n) is 8.91. The minimum Gasteiger partial charge on any atom is -0.337 e. The highest BCUT2D eigenvalue weighted by Gasteiger charge is 2.27. The van der Waals surface area contributed by atoms with E-state index < -0.39 is 0 Å². The highest BCUT2D eigenvalue weighted by atomic mass is 35.5. The molecule has 2 aromatic rings. The summed E-state index contributed by atoms with van der Waals surface area (Å²) >= 11 is 0. The standard InChI is InChI=1S/C19H24N4O.2ClH/c24-19(18-13-20-14-23(18)17-4-2-1-3-5-17)22-10-8-16(9-11-22)21-12-15-6-7-15;;/h1-5,13-16,21H,6-12H2;2*1H. The Hall–Kier alpha value is -1.56. The van der Waals surface area contributed by atoms with Crippen molar-refractivity contribution in [3.63, 3.8) is 0 Å². The summed E-state index contributed by atoms with van der Waals surface area (Å²) in [4.78, 5) is 19.0. The lowest BCUT2D eigenvalue weighted by molar-refractivity contribution is 0.0697. The number of likely N-dealkylation sites (tertiary alicyclic amines) is 1. The second-order valence-electron chi connectivity index (χ2n) is 6.90. The highest BCUT2D eigenvalue weighted by Crippen LogP contribution is 2.28. The van der Waals surface area contributed by atoms with Gasteiger partial charge in [0.05, 0.1) is 12.5 Å². The van der Waals surface area contributed by atoms with Crippen LogP contribution in [-0.4, -0.2) is 46.0 Å². The Balaban J connectivity index is 0.00000121. The van der Waals surface area contributed by atoms with Gasteiger partial charge >= 0.3 is 0 Å². The molecule has 1 saturated carbocycles. The van der Waals surface area contributed by atoms with Gasteiger partial charge < -0.3 is 10.2 Å². The first-order chi connectivity index (χ1) is 11.8. The first-order valence-corrected chi connectivity index (χ1v) is 8.91. The Bertz CT molecular complexity index is 695. The topological polar surface area (TPSA) is 50.2 Å². The van der Waals surface area contributed by atoms with E-state index in [0.29, 0.717) is 11.7 Å². The van der Waals surface area contributed by atoms with E-state index in [1.165, 1.54) is 12.8 Å². The van der Waals surface area contributed by atoms with Gasteiger partial charge in [-0.1, -0.05) is 18.2 Å². The van der Waals surface area contributed by atoms with Crippen LogP contribution in [0.15, 0.2) is 42.9 Å². The predicted octanol–water partition coefficient (Wildman–Crippen LogP) is 3.32. The van der Waals surface area contributed by atoms with Gasteiger partial charge in [-0.3, -0.25) is 9.36 Å². The van der Waals surface area contributed by atoms with Crippen molar-refractivity contribution in [2.75, 3.05) is 19.6 Å². The van der Waals surface area contributed by atoms with Crippen molar-refractivity contribution in [3.05, 3.63) is 48.5 Å². The number of carbonyl (C=O) groups excluding carboxylic acids is 1. The molecule has 2 aliphatic rings. The molecule has 2 fully saturated rings. The van der Waals surface area contributed by atoms with Gasteiger partial charge in [-0.05, 0) is 50.3 Å². The molecule has 0 atom stereocenters. The molecule has 1 aromatic carbocycles. The van der Waals surface area contributed by atoms with Gasteiger partial charge in [0.25, 0.3) is 5.91 Å². The number of piperidine rings is 1. The van der Waals surface area contributed by atoms with E-state index in [9.17, 15) is 4.79 Å². The molecule has 5 nitrogen and oxygen atoms in total. The molecule has 0 spiro atoms. The molecule has 4 rings (SSSR count). The van der Waals surface area contributed by atoms with Gasteiger partial charge in [0, 0.05) is 24.8 Å². The number of para-hydroxylation sites is 1. The van der Waals surface area contributed by atoms with Crippen LogP contribution in [0.2, 0.25) is 0 Å². The maximum atomic E-state index is 12.9. The third kappa shape index (κ3) is 4.78. The minimum atomic E-state index is 0. The Labute approximate surface area is 167 Å². The number of halogens is 2. The third-order valence-electron chi connectivity index (χ3n) is 5.07. The fraction of sp³-hybridized carbons (Fsp3) is 0.474. The van der Waals surface area contributed by atoms with Gasteiger partial charge in [0.15, 0.2) is 0 Å². The van der Waals surface area contributed by atoms with Crippen LogP contribution in [-0.2, 0) is 0 Å². The monoisotopic (exact) mass is 396 g/mol. The number of nitrogens with one attached hydrogen (secondary N) is 1. The van der Waals surface area contributed by atoms with E-state index in [1.54, 1.807) is 12.5 Å². The second-order valence-corrected chi connectivity index (χ2v) is 6.90. The number of aromatic nitrogens is 2. The fourth-order valence-electron chi connectivity index (χ4n) is 3.35. The van der Waals surface area contributed by atoms with Gasteiger partial charge in [-0.15, -0.1) is 24.8 Å². The van der Waals surface area contributed by atoms with Gasteiger partial charge in [0.1, 0.15) is 5.69 Å². The predicted molar refractivity (Wildman–Crippen MR) is 108 cm³/mol. The zero-order valence-corrected chi connectivity index (χ0v) is 16.3. The van der Waals surface area contributed by atoms with E-state index >= 15 is 0 Å². The summed E-state index contributed by atoms with van der Waals surface area (Å²) in [5.41, 5.74) is 1.62. The Morgan fingerprint density at radius 2 is 1.77 bits per heavy atom. The number of carbonyl (C=O) groups is 1. The van der Waals surface area contributed by atoms with Crippen molar-refractivity contribution >= 4 is 30.7 Å². The molecule has 1 aromatic heterocycles. The lowest BCUT2D eigenvalue weighted by atomic mass is 10.0. The number of rotatable bonds is 5. The number of imidazole rings is 1. The van der Waals surface area contributed by atoms with Crippen LogP contribution < -0.4 is 5.32 Å². The number of nitrogens with zero attached hydrogens (tertiary/aromatic N) is 3. The average molecular weight is 397 g/mol. The number of benzene rings is 1. The summed E-state index contributed by atoms with van der Waals surface area (Å²) in [7, 11) is 0. The summed E-state index contributed by atoms with van der Waals surface area (Å²) in [6, 6.07) is 10.5. The maximum Gasteiger partial charge on any atom is 0.272 e. The Morgan fingerprint density at radius 1 is 1.08 bits per heavy atom. The van der Waals surface area contributed by atoms with Crippen molar-refractivity contribution in [1.82, 2.24) is 19.8 Å². The van der Waals surface area contributed by atoms with Crippen molar-refractivity contribution in [1.29, 1.82) is 0 Å². The van der Waals surface area contributed by atoms with Crippen LogP contribution in [0.1, 0.15) is 36.2 Å². The van der Waals surface area contributed by atoms with Crippen molar-refractivity contribution in [2.24, 2.45) is 5.92 Å². The Morgan fingerprint density at radius 3 is 2.42 bits per heavy atom. The number of hydrogen-bond acceptors (Lipinski definition) is 3. The largest absolute Gasteiger partial charge is 0.337 e. The molecule has 2 heterocycles. The smallest absolute Gasteiger partial charge is 0.272 e. The SMILES string of the molecule is Cl.Cl.O=C(c1cncn1-c1ccccc1)N1CCC(NCC2CC2)CC1. The van der Waals surface area contributed by atoms with E-state index in [1.807, 2.05) is 39.8 Å². The molecule has 142 valence electrons. The normalized spacial score (nSPS) is 17.3. The zero-order valence-electron chi connectivity index (χ0n) is 14.7. The summed E-state index contributed by atoms with van der Waals surface area (Å²) in [5, 5.41) is 3.66. The molecule has 1 aliphatic carbocycles. The van der Waals surface area contributed by atoms with Crippen LogP contribution >= 0.6 is 24.8 Å². The molecule has 1 aliphatic heterocycles. The van der Waals surface area contributed by atoms with Gasteiger partial charge in [0.2, 0.25) is 0 Å². The summed E-state index contributed by atoms with van der Waals surface area (Å²) in [6.45, 7) is 2.79. The molecule has 7 heteroatoms. The van der Waals surface area contributed by atoms with Crippen LogP contribution in [0.25, 0.3) is 5.69 Å². The molecule has 0 unspecified atom stereocenters. The third-order valence-corrected chi connectivity index (χ3v) is 5.07. The van der Waals surface area contributed by atoms with E-state index in [2.05, 4.69) is 10.3 Å². The second kappa shape index (κ2) is 9.40. The molecule has 0 radical (unpaired) electrons. The quantitative estimate of drug-likeness (QED) is 0.842. The summed E-state index contributed by atoms with van der Waals surface area (Å²) in [5.74, 6) is 0.988. The molecular weight excluding hydrogens is 371 g/mol. The van der Waals surface area contributed by atoms with Crippen molar-refractivity contribution in [3.8, 4) is 5.69 Å². The first kappa shape index (κ1) is 20.7. The van der Waals surface area contributed by atoms with E-state index in [0.717, 1.165) is 44.1 Å². The summed E-state index contributed by atoms with van der Waals surface area (Å²) < 4.78 is 1.87. The van der Waals surface area contributed by atoms with Gasteiger partial charge in [-0.2, -0.15) is 0 Å². The van der Waals surface area contributed by atoms with Crippen LogP contribution in [0.4, 0.5) is 0 Å². The molecule has 1 N–H and O–H groups in total. The lowest BCUT2D eigenvalue weighted by Crippen LogP contribution is -2.45. The van der Waals surface area contributed by atoms with Gasteiger partial charge in [-0.25, -0.2) is 4.98 Å². The number of amides is 1. The molecule has 26 heavy (non-hydrogen) atoms. The molecule has 1 saturated heterocycles. The van der Waals surface area contributed by atoms with Crippen LogP contribution in [0.5, 0.6) is 0 Å².